The number of nitrogens with zero attached hydrogens (tertiary/aromatic N) is 3. The van der Waals surface area contributed by atoms with Crippen molar-refractivity contribution in [2.45, 2.75) is 13.0 Å². The van der Waals surface area contributed by atoms with Crippen LogP contribution in [0, 0.1) is 5.82 Å². The molecule has 2 aromatic heterocycles. The quantitative estimate of drug-likeness (QED) is 0.768. The molecule has 0 aliphatic carbocycles. The van der Waals surface area contributed by atoms with E-state index in [9.17, 15) is 4.39 Å². The van der Waals surface area contributed by atoms with Crippen LogP contribution in [0.2, 0.25) is 5.02 Å². The fourth-order valence-corrected chi connectivity index (χ4v) is 2.75. The van der Waals surface area contributed by atoms with Crippen LogP contribution in [0.25, 0.3) is 0 Å². The maximum atomic E-state index is 13.6. The molecule has 3 rings (SSSR count). The molecule has 0 spiro atoms. The Bertz CT molecular complexity index is 760. The minimum absolute atomic E-state index is 0.224. The molecule has 0 aliphatic rings. The van der Waals surface area contributed by atoms with Crippen LogP contribution in [0.3, 0.4) is 0 Å². The van der Waals surface area contributed by atoms with Crippen LogP contribution in [0.15, 0.2) is 42.6 Å². The van der Waals surface area contributed by atoms with Gasteiger partial charge < -0.3 is 5.32 Å². The lowest BCUT2D eigenvalue weighted by atomic mass is 10.1. The molecular weight excluding hydrogens is 323 g/mol. The molecule has 0 bridgehead atoms. The number of nitrogens with one attached hydrogen (secondary N) is 1. The highest BCUT2D eigenvalue weighted by atomic mass is 35.5. The summed E-state index contributed by atoms with van der Waals surface area (Å²) >= 11 is 7.19. The van der Waals surface area contributed by atoms with E-state index in [2.05, 4.69) is 20.5 Å². The number of pyridine rings is 1. The zero-order chi connectivity index (χ0) is 15.4. The number of halogens is 2. The molecule has 3 aromatic rings. The molecule has 112 valence electrons. The van der Waals surface area contributed by atoms with E-state index in [1.165, 1.54) is 17.4 Å². The van der Waals surface area contributed by atoms with Crippen molar-refractivity contribution >= 4 is 28.1 Å². The number of benzene rings is 1. The average molecular weight is 335 g/mol. The van der Waals surface area contributed by atoms with Gasteiger partial charge in [0.05, 0.1) is 17.3 Å². The van der Waals surface area contributed by atoms with E-state index in [0.717, 1.165) is 10.7 Å². The van der Waals surface area contributed by atoms with Crippen LogP contribution < -0.4 is 5.32 Å². The smallest absolute Gasteiger partial charge is 0.206 e. The molecule has 0 saturated carbocycles. The maximum absolute atomic E-state index is 13.6. The molecule has 0 unspecified atom stereocenters. The van der Waals surface area contributed by atoms with Crippen molar-refractivity contribution in [1.82, 2.24) is 15.2 Å². The topological polar surface area (TPSA) is 50.7 Å². The second kappa shape index (κ2) is 6.81. The number of rotatable bonds is 5. The molecule has 0 saturated heterocycles. The van der Waals surface area contributed by atoms with Crippen LogP contribution >= 0.6 is 22.9 Å². The summed E-state index contributed by atoms with van der Waals surface area (Å²) < 4.78 is 13.6. The van der Waals surface area contributed by atoms with E-state index in [1.54, 1.807) is 24.4 Å². The van der Waals surface area contributed by atoms with Crippen LogP contribution in [0.4, 0.5) is 9.52 Å². The van der Waals surface area contributed by atoms with Crippen LogP contribution in [-0.4, -0.2) is 15.2 Å². The first-order valence-corrected chi connectivity index (χ1v) is 7.80. The summed E-state index contributed by atoms with van der Waals surface area (Å²) in [6.07, 6.45) is 2.04. The highest BCUT2D eigenvalue weighted by Crippen LogP contribution is 2.20. The Morgan fingerprint density at radius 3 is 2.77 bits per heavy atom. The van der Waals surface area contributed by atoms with Gasteiger partial charge in [0, 0.05) is 12.6 Å². The molecule has 0 radical (unpaired) electrons. The first-order chi connectivity index (χ1) is 10.7. The highest BCUT2D eigenvalue weighted by molar-refractivity contribution is 7.15. The van der Waals surface area contributed by atoms with Crippen molar-refractivity contribution in [3.63, 3.8) is 0 Å². The molecule has 2 heterocycles. The van der Waals surface area contributed by atoms with Crippen molar-refractivity contribution in [2.75, 3.05) is 5.32 Å². The van der Waals surface area contributed by atoms with E-state index >= 15 is 0 Å². The van der Waals surface area contributed by atoms with Gasteiger partial charge in [-0.15, -0.1) is 10.2 Å². The molecular formula is C15H12ClFN4S. The molecule has 0 atom stereocenters. The van der Waals surface area contributed by atoms with E-state index in [0.29, 0.717) is 28.7 Å². The molecule has 4 nitrogen and oxygen atoms in total. The lowest BCUT2D eigenvalue weighted by Crippen LogP contribution is -2.00. The zero-order valence-corrected chi connectivity index (χ0v) is 13.0. The van der Waals surface area contributed by atoms with Gasteiger partial charge >= 0.3 is 0 Å². The number of anilines is 1. The Morgan fingerprint density at radius 2 is 2.00 bits per heavy atom. The Balaban J connectivity index is 1.61. The lowest BCUT2D eigenvalue weighted by Gasteiger charge is -2.01. The van der Waals surface area contributed by atoms with Crippen molar-refractivity contribution in [2.24, 2.45) is 0 Å². The van der Waals surface area contributed by atoms with E-state index in [-0.39, 0.29) is 5.82 Å². The molecule has 7 heteroatoms. The number of hydrogen-bond donors (Lipinski definition) is 1. The van der Waals surface area contributed by atoms with Crippen molar-refractivity contribution in [3.8, 4) is 0 Å². The second-order valence-electron chi connectivity index (χ2n) is 4.59. The van der Waals surface area contributed by atoms with Gasteiger partial charge in [0.15, 0.2) is 0 Å². The van der Waals surface area contributed by atoms with Gasteiger partial charge in [0.1, 0.15) is 10.8 Å². The highest BCUT2D eigenvalue weighted by Gasteiger charge is 2.08. The maximum Gasteiger partial charge on any atom is 0.206 e. The lowest BCUT2D eigenvalue weighted by molar-refractivity contribution is 0.613. The predicted octanol–water partition coefficient (Wildman–Crippen LogP) is 3.93. The van der Waals surface area contributed by atoms with Gasteiger partial charge in [0.25, 0.3) is 0 Å². The molecule has 0 aliphatic heterocycles. The molecule has 0 amide bonds. The Hall–Kier alpha value is -2.05. The third-order valence-electron chi connectivity index (χ3n) is 2.98. The third-order valence-corrected chi connectivity index (χ3v) is 4.08. The third kappa shape index (κ3) is 3.78. The van der Waals surface area contributed by atoms with E-state index < -0.39 is 0 Å². The standard InChI is InChI=1S/C15H12ClFN4S/c16-11-5-6-12(18-8-11)9-19-15-21-20-14(22-15)7-10-3-1-2-4-13(10)17/h1-6,8H,7,9H2,(H,19,21). The average Bonchev–Trinajstić information content (AvgIpc) is 2.97. The largest absolute Gasteiger partial charge is 0.354 e. The SMILES string of the molecule is Fc1ccccc1Cc1nnc(NCc2ccc(Cl)cn2)s1. The summed E-state index contributed by atoms with van der Waals surface area (Å²) in [6, 6.07) is 10.3. The van der Waals surface area contributed by atoms with Crippen LogP contribution in [-0.2, 0) is 13.0 Å². The summed E-state index contributed by atoms with van der Waals surface area (Å²) in [6.45, 7) is 0.533. The molecule has 0 fully saturated rings. The summed E-state index contributed by atoms with van der Waals surface area (Å²) in [5, 5.41) is 13.3. The molecule has 22 heavy (non-hydrogen) atoms. The van der Waals surface area contributed by atoms with Crippen molar-refractivity contribution in [1.29, 1.82) is 0 Å². The first-order valence-electron chi connectivity index (χ1n) is 6.61. The zero-order valence-electron chi connectivity index (χ0n) is 11.5. The van der Waals surface area contributed by atoms with Gasteiger partial charge in [-0.1, -0.05) is 41.1 Å². The van der Waals surface area contributed by atoms with E-state index in [1.807, 2.05) is 12.1 Å². The minimum Gasteiger partial charge on any atom is -0.354 e. The number of hydrogen-bond acceptors (Lipinski definition) is 5. The predicted molar refractivity (Wildman–Crippen MR) is 85.7 cm³/mol. The summed E-state index contributed by atoms with van der Waals surface area (Å²) in [7, 11) is 0. The van der Waals surface area contributed by atoms with Crippen molar-refractivity contribution < 1.29 is 4.39 Å². The molecule has 1 aromatic carbocycles. The van der Waals surface area contributed by atoms with Crippen LogP contribution in [0.1, 0.15) is 16.3 Å². The minimum atomic E-state index is -0.224. The summed E-state index contributed by atoms with van der Waals surface area (Å²) in [5.41, 5.74) is 1.47. The number of aromatic nitrogens is 3. The van der Waals surface area contributed by atoms with Gasteiger partial charge in [-0.3, -0.25) is 4.98 Å². The fraction of sp³-hybridized carbons (Fsp3) is 0.133. The van der Waals surface area contributed by atoms with Gasteiger partial charge in [0.2, 0.25) is 5.13 Å². The second-order valence-corrected chi connectivity index (χ2v) is 6.09. The normalized spacial score (nSPS) is 10.6. The first kappa shape index (κ1) is 14.9. The van der Waals surface area contributed by atoms with Gasteiger partial charge in [-0.25, -0.2) is 4.39 Å². The Labute approximate surface area is 136 Å². The van der Waals surface area contributed by atoms with Crippen molar-refractivity contribution in [3.05, 3.63) is 69.7 Å². The summed E-state index contributed by atoms with van der Waals surface area (Å²) in [5.74, 6) is -0.224. The van der Waals surface area contributed by atoms with Gasteiger partial charge in [-0.2, -0.15) is 0 Å². The van der Waals surface area contributed by atoms with Gasteiger partial charge in [-0.05, 0) is 23.8 Å². The Kier molecular flexibility index (Phi) is 4.60. The molecule has 1 N–H and O–H groups in total. The monoisotopic (exact) mass is 334 g/mol. The Morgan fingerprint density at radius 1 is 1.14 bits per heavy atom. The summed E-state index contributed by atoms with van der Waals surface area (Å²) in [4.78, 5) is 4.19. The van der Waals surface area contributed by atoms with E-state index in [4.69, 9.17) is 11.6 Å². The van der Waals surface area contributed by atoms with Crippen LogP contribution in [0.5, 0.6) is 0 Å². The fourth-order valence-electron chi connectivity index (χ4n) is 1.88.